The van der Waals surface area contributed by atoms with Crippen LogP contribution in [0.1, 0.15) is 99.3 Å². The summed E-state index contributed by atoms with van der Waals surface area (Å²) in [6, 6.07) is 0. The molecular formula is C51H84O22. The molecule has 0 spiro atoms. The zero-order valence-electron chi connectivity index (χ0n) is 42.7. The molecule has 20 unspecified atom stereocenters. The molecule has 8 fully saturated rings. The fraction of sp³-hybridized carbons (Fsp3) is 0.961. The van der Waals surface area contributed by atoms with Crippen LogP contribution in [0.2, 0.25) is 0 Å². The zero-order valence-corrected chi connectivity index (χ0v) is 42.7. The van der Waals surface area contributed by atoms with Crippen molar-refractivity contribution in [3.8, 4) is 0 Å². The second-order valence-electron chi connectivity index (χ2n) is 23.8. The molecule has 9 rings (SSSR count). The first-order chi connectivity index (χ1) is 34.5. The Labute approximate surface area is 426 Å². The number of ether oxygens (including phenoxy) is 9. The van der Waals surface area contributed by atoms with Gasteiger partial charge in [0.15, 0.2) is 30.9 Å². The van der Waals surface area contributed by atoms with E-state index in [1.165, 1.54) is 19.4 Å². The SMILES string of the molecule is CC1OC(OC2C(CO)OC(O[C@H]3CC[C@@]4(C)C(=CC[C@H]5[C@@H]6C[C@@H]7O[C@](O)(CC[C@@H](C)COC8OC(CO)C(O)C(O)C8O)[C@@H](C)[C@@H]7[C@@]6(C)CC[C@@H]54)C3)C(OC3OC(C)C(O)C(O)C3O)C2O)C(O)C(O)C1O. The van der Waals surface area contributed by atoms with E-state index in [1.54, 1.807) is 0 Å². The van der Waals surface area contributed by atoms with Crippen molar-refractivity contribution in [1.82, 2.24) is 0 Å². The maximum atomic E-state index is 12.1. The summed E-state index contributed by atoms with van der Waals surface area (Å²) >= 11 is 0. The van der Waals surface area contributed by atoms with Crippen LogP contribution in [0.3, 0.4) is 0 Å². The van der Waals surface area contributed by atoms with Crippen LogP contribution in [0.5, 0.6) is 0 Å². The standard InChI is InChI=1S/C51H84O22/c1-20(19-65-45-39(60)38(59)35(56)30(17-52)69-45)9-14-51(64)21(2)32-29(73-51)16-28-26-8-7-24-15-25(10-12-49(24,5)27(26)11-13-50(28,32)6)68-48-44(72-47-41(62)37(58)34(55)23(4)67-47)42(63)43(31(18-53)70-48)71-46-40(61)36(57)33(54)22(3)66-46/h7,20-23,25-48,52-64H,8-19H2,1-6H3/t20-,21+,22?,23?,25+,26-,27+,28+,29+,30?,31?,32+,33?,34?,35?,36?,37?,38?,39?,40?,41?,42?,43?,44?,45?,46?,47?,48?,49+,50+,51-/m1/s1. The Morgan fingerprint density at radius 2 is 1.23 bits per heavy atom. The van der Waals surface area contributed by atoms with E-state index >= 15 is 0 Å². The second-order valence-corrected chi connectivity index (χ2v) is 23.8. The first-order valence-electron chi connectivity index (χ1n) is 26.8. The van der Waals surface area contributed by atoms with Gasteiger partial charge < -0.3 is 109 Å². The lowest BCUT2D eigenvalue weighted by Crippen LogP contribution is -2.66. The predicted octanol–water partition coefficient (Wildman–Crippen LogP) is -1.98. The van der Waals surface area contributed by atoms with Gasteiger partial charge in [-0.15, -0.1) is 0 Å². The molecule has 22 heteroatoms. The zero-order chi connectivity index (χ0) is 52.8. The minimum Gasteiger partial charge on any atom is -0.394 e. The van der Waals surface area contributed by atoms with E-state index in [9.17, 15) is 66.4 Å². The molecule has 13 N–H and O–H groups in total. The van der Waals surface area contributed by atoms with E-state index in [0.29, 0.717) is 43.4 Å². The number of aliphatic hydroxyl groups excluding tert-OH is 12. The summed E-state index contributed by atoms with van der Waals surface area (Å²) in [5.74, 6) is -0.232. The maximum absolute atomic E-state index is 12.1. The third-order valence-corrected chi connectivity index (χ3v) is 19.5. The highest BCUT2D eigenvalue weighted by molar-refractivity contribution is 5.26. The molecule has 3 saturated carbocycles. The Morgan fingerprint density at radius 3 is 1.86 bits per heavy atom. The monoisotopic (exact) mass is 1050 g/mol. The summed E-state index contributed by atoms with van der Waals surface area (Å²) in [5, 5.41) is 139. The fourth-order valence-corrected chi connectivity index (χ4v) is 14.9. The lowest BCUT2D eigenvalue weighted by molar-refractivity contribution is -0.388. The van der Waals surface area contributed by atoms with Crippen LogP contribution in [-0.2, 0) is 42.6 Å². The van der Waals surface area contributed by atoms with Gasteiger partial charge in [-0.2, -0.15) is 0 Å². The van der Waals surface area contributed by atoms with Crippen molar-refractivity contribution in [2.24, 2.45) is 46.3 Å². The van der Waals surface area contributed by atoms with Crippen molar-refractivity contribution in [3.63, 3.8) is 0 Å². The molecule has 0 aromatic heterocycles. The molecule has 5 heterocycles. The molecule has 4 aliphatic carbocycles. The summed E-state index contributed by atoms with van der Waals surface area (Å²) < 4.78 is 54.6. The lowest BCUT2D eigenvalue weighted by atomic mass is 9.47. The second kappa shape index (κ2) is 21.8. The number of rotatable bonds is 14. The normalized spacial score (nSPS) is 55.5. The van der Waals surface area contributed by atoms with Crippen LogP contribution >= 0.6 is 0 Å². The summed E-state index contributed by atoms with van der Waals surface area (Å²) in [6.07, 6.45) is -20.5. The molecule has 22 nitrogen and oxygen atoms in total. The number of fused-ring (bicyclic) bond motifs is 7. The first kappa shape index (κ1) is 56.6. The van der Waals surface area contributed by atoms with E-state index in [-0.39, 0.29) is 41.3 Å². The van der Waals surface area contributed by atoms with Gasteiger partial charge in [-0.3, -0.25) is 0 Å². The summed E-state index contributed by atoms with van der Waals surface area (Å²) in [4.78, 5) is 0. The molecule has 0 radical (unpaired) electrons. The Morgan fingerprint density at radius 1 is 0.644 bits per heavy atom. The third kappa shape index (κ3) is 10.2. The van der Waals surface area contributed by atoms with Crippen LogP contribution in [0.4, 0.5) is 0 Å². The van der Waals surface area contributed by atoms with Gasteiger partial charge in [-0.1, -0.05) is 39.3 Å². The van der Waals surface area contributed by atoms with Crippen molar-refractivity contribution >= 4 is 0 Å². The number of hydrogen-bond acceptors (Lipinski definition) is 22. The van der Waals surface area contributed by atoms with Gasteiger partial charge in [0.05, 0.1) is 44.2 Å². The van der Waals surface area contributed by atoms with Crippen molar-refractivity contribution < 1.29 is 109 Å². The van der Waals surface area contributed by atoms with Gasteiger partial charge >= 0.3 is 0 Å². The van der Waals surface area contributed by atoms with Gasteiger partial charge in [-0.25, -0.2) is 0 Å². The lowest BCUT2D eigenvalue weighted by Gasteiger charge is -2.58. The van der Waals surface area contributed by atoms with Crippen LogP contribution in [-0.4, -0.2) is 227 Å². The largest absolute Gasteiger partial charge is 0.394 e. The van der Waals surface area contributed by atoms with Crippen LogP contribution in [0.25, 0.3) is 0 Å². The fourth-order valence-electron chi connectivity index (χ4n) is 14.9. The van der Waals surface area contributed by atoms with Gasteiger partial charge in [-0.05, 0) is 106 Å². The van der Waals surface area contributed by atoms with Crippen molar-refractivity contribution in [3.05, 3.63) is 11.6 Å². The van der Waals surface area contributed by atoms with Crippen LogP contribution in [0, 0.1) is 46.3 Å². The van der Waals surface area contributed by atoms with E-state index in [2.05, 4.69) is 26.8 Å². The Hall–Kier alpha value is -1.14. The van der Waals surface area contributed by atoms with Crippen molar-refractivity contribution in [2.45, 2.75) is 240 Å². The van der Waals surface area contributed by atoms with Gasteiger partial charge in [0, 0.05) is 12.3 Å². The maximum Gasteiger partial charge on any atom is 0.187 e. The molecule has 420 valence electrons. The third-order valence-electron chi connectivity index (χ3n) is 19.5. The minimum absolute atomic E-state index is 0.0589. The Bertz CT molecular complexity index is 1900. The van der Waals surface area contributed by atoms with Gasteiger partial charge in [0.25, 0.3) is 0 Å². The number of aliphatic hydroxyl groups is 13. The molecule has 31 atom stereocenters. The molecule has 0 amide bonds. The quantitative estimate of drug-likeness (QED) is 0.0839. The van der Waals surface area contributed by atoms with Gasteiger partial charge in [0.2, 0.25) is 0 Å². The van der Waals surface area contributed by atoms with Crippen molar-refractivity contribution in [2.75, 3.05) is 19.8 Å². The highest BCUT2D eigenvalue weighted by Crippen LogP contribution is 2.70. The molecule has 9 aliphatic rings. The Balaban J connectivity index is 0.846. The molecule has 0 aromatic carbocycles. The van der Waals surface area contributed by atoms with Crippen LogP contribution in [0.15, 0.2) is 11.6 Å². The smallest absolute Gasteiger partial charge is 0.187 e. The highest BCUT2D eigenvalue weighted by atomic mass is 16.8. The first-order valence-corrected chi connectivity index (χ1v) is 26.8. The molecule has 0 bridgehead atoms. The number of allylic oxidation sites excluding steroid dienone is 1. The molecule has 0 aromatic rings. The summed E-state index contributed by atoms with van der Waals surface area (Å²) in [7, 11) is 0. The van der Waals surface area contributed by atoms with E-state index in [0.717, 1.165) is 32.1 Å². The summed E-state index contributed by atoms with van der Waals surface area (Å²) in [6.45, 7) is 10.7. The average Bonchev–Trinajstić information content (AvgIpc) is 3.80. The molecule has 73 heavy (non-hydrogen) atoms. The topological polar surface area (TPSA) is 346 Å². The molecule has 5 aliphatic heterocycles. The summed E-state index contributed by atoms with van der Waals surface area (Å²) in [5.41, 5.74) is 1.07. The Kier molecular flexibility index (Phi) is 16.9. The molecule has 5 saturated heterocycles. The molecular weight excluding hydrogens is 965 g/mol. The van der Waals surface area contributed by atoms with Crippen molar-refractivity contribution in [1.29, 1.82) is 0 Å². The number of hydrogen-bond donors (Lipinski definition) is 13. The van der Waals surface area contributed by atoms with Crippen LogP contribution < -0.4 is 0 Å². The highest BCUT2D eigenvalue weighted by Gasteiger charge is 2.68. The van der Waals surface area contributed by atoms with E-state index in [1.807, 2.05) is 6.92 Å². The van der Waals surface area contributed by atoms with E-state index < -0.39 is 148 Å². The van der Waals surface area contributed by atoms with E-state index in [4.69, 9.17) is 42.6 Å². The minimum atomic E-state index is -1.75. The average molecular weight is 1050 g/mol. The predicted molar refractivity (Wildman–Crippen MR) is 249 cm³/mol. The van der Waals surface area contributed by atoms with Gasteiger partial charge in [0.1, 0.15) is 85.5 Å².